The lowest BCUT2D eigenvalue weighted by molar-refractivity contribution is -0.0233. The van der Waals surface area contributed by atoms with Crippen molar-refractivity contribution in [1.29, 1.82) is 0 Å². The molecule has 3 nitrogen and oxygen atoms in total. The second-order valence-corrected chi connectivity index (χ2v) is 6.94. The van der Waals surface area contributed by atoms with E-state index in [-0.39, 0.29) is 5.91 Å². The average Bonchev–Trinajstić information content (AvgIpc) is 2.40. The minimum atomic E-state index is -0.741. The first-order chi connectivity index (χ1) is 9.30. The number of nitrogens with one attached hydrogen (secondary N) is 1. The van der Waals surface area contributed by atoms with Gasteiger partial charge in [0.15, 0.2) is 0 Å². The Morgan fingerprint density at radius 1 is 1.25 bits per heavy atom. The molecule has 1 fully saturated rings. The molecular weight excluding hydrogens is 250 g/mol. The molecule has 1 amide bonds. The summed E-state index contributed by atoms with van der Waals surface area (Å²) in [6.07, 6.45) is 3.52. The molecule has 1 aromatic rings. The fraction of sp³-hybridized carbons (Fsp3) is 0.588. The maximum Gasteiger partial charge on any atom is 0.251 e. The van der Waals surface area contributed by atoms with E-state index in [1.165, 1.54) is 0 Å². The fourth-order valence-electron chi connectivity index (χ4n) is 2.70. The van der Waals surface area contributed by atoms with Crippen LogP contribution in [0.3, 0.4) is 0 Å². The van der Waals surface area contributed by atoms with Crippen LogP contribution in [0.5, 0.6) is 0 Å². The van der Waals surface area contributed by atoms with Gasteiger partial charge in [0.25, 0.3) is 5.91 Å². The van der Waals surface area contributed by atoms with Crippen LogP contribution in [-0.4, -0.2) is 23.2 Å². The highest BCUT2D eigenvalue weighted by Gasteiger charge is 2.36. The molecule has 0 atom stereocenters. The van der Waals surface area contributed by atoms with Gasteiger partial charge >= 0.3 is 0 Å². The Bertz CT molecular complexity index is 484. The first-order valence-corrected chi connectivity index (χ1v) is 7.37. The molecule has 0 radical (unpaired) electrons. The molecule has 1 aromatic carbocycles. The zero-order valence-corrected chi connectivity index (χ0v) is 12.7. The van der Waals surface area contributed by atoms with Crippen molar-refractivity contribution in [2.24, 2.45) is 5.41 Å². The van der Waals surface area contributed by atoms with Crippen LogP contribution < -0.4 is 5.32 Å². The predicted molar refractivity (Wildman–Crippen MR) is 80.7 cm³/mol. The monoisotopic (exact) mass is 275 g/mol. The van der Waals surface area contributed by atoms with Crippen LogP contribution in [0.1, 0.15) is 55.5 Å². The van der Waals surface area contributed by atoms with Crippen LogP contribution in [0.4, 0.5) is 0 Å². The second kappa shape index (κ2) is 5.57. The van der Waals surface area contributed by atoms with Gasteiger partial charge in [0, 0.05) is 12.1 Å². The summed E-state index contributed by atoms with van der Waals surface area (Å²) in [5, 5.41) is 13.4. The van der Waals surface area contributed by atoms with Crippen molar-refractivity contribution in [2.45, 2.75) is 52.1 Å². The highest BCUT2D eigenvalue weighted by atomic mass is 16.3. The lowest BCUT2D eigenvalue weighted by Crippen LogP contribution is -2.46. The molecule has 0 saturated heterocycles. The summed E-state index contributed by atoms with van der Waals surface area (Å²) in [5.41, 5.74) is 1.29. The summed E-state index contributed by atoms with van der Waals surface area (Å²) in [4.78, 5) is 12.1. The third kappa shape index (κ3) is 3.83. The molecule has 0 aromatic heterocycles. The van der Waals surface area contributed by atoms with Crippen LogP contribution in [0.2, 0.25) is 0 Å². The van der Waals surface area contributed by atoms with Crippen molar-refractivity contribution in [3.63, 3.8) is 0 Å². The van der Waals surface area contributed by atoms with Crippen molar-refractivity contribution in [2.75, 3.05) is 6.54 Å². The zero-order valence-electron chi connectivity index (χ0n) is 12.7. The maximum absolute atomic E-state index is 12.1. The van der Waals surface area contributed by atoms with Crippen LogP contribution in [0.25, 0.3) is 0 Å². The summed E-state index contributed by atoms with van der Waals surface area (Å²) in [5.74, 6) is -0.105. The Labute approximate surface area is 121 Å². The number of hydrogen-bond acceptors (Lipinski definition) is 2. The van der Waals surface area contributed by atoms with E-state index in [9.17, 15) is 9.90 Å². The van der Waals surface area contributed by atoms with Gasteiger partial charge in [-0.15, -0.1) is 0 Å². The number of hydrogen-bond donors (Lipinski definition) is 2. The van der Waals surface area contributed by atoms with E-state index < -0.39 is 5.60 Å². The summed E-state index contributed by atoms with van der Waals surface area (Å²) >= 11 is 0. The number of carbonyl (C=O) groups is 1. The Hall–Kier alpha value is -1.35. The molecule has 110 valence electrons. The topological polar surface area (TPSA) is 49.3 Å². The van der Waals surface area contributed by atoms with Gasteiger partial charge in [-0.2, -0.15) is 0 Å². The van der Waals surface area contributed by atoms with Crippen LogP contribution in [0, 0.1) is 12.3 Å². The van der Waals surface area contributed by atoms with Crippen molar-refractivity contribution >= 4 is 5.91 Å². The smallest absolute Gasteiger partial charge is 0.251 e. The van der Waals surface area contributed by atoms with Crippen molar-refractivity contribution in [3.05, 3.63) is 35.4 Å². The first kappa shape index (κ1) is 15.0. The Morgan fingerprint density at radius 2 is 1.90 bits per heavy atom. The molecule has 0 heterocycles. The quantitative estimate of drug-likeness (QED) is 0.890. The van der Waals surface area contributed by atoms with E-state index in [2.05, 4.69) is 19.2 Å². The first-order valence-electron chi connectivity index (χ1n) is 7.37. The van der Waals surface area contributed by atoms with E-state index in [1.54, 1.807) is 6.07 Å². The lowest BCUT2D eigenvalue weighted by Gasteiger charge is -2.40. The van der Waals surface area contributed by atoms with E-state index in [0.717, 1.165) is 31.2 Å². The number of carbonyl (C=O) groups excluding carboxylic acids is 1. The number of aliphatic hydroxyl groups is 1. The van der Waals surface area contributed by atoms with Crippen LogP contribution in [-0.2, 0) is 0 Å². The number of rotatable bonds is 3. The lowest BCUT2D eigenvalue weighted by atomic mass is 9.71. The SMILES string of the molecule is Cc1cccc(C(=O)NCC2(O)CCC(C)(C)CC2)c1. The van der Waals surface area contributed by atoms with Gasteiger partial charge < -0.3 is 10.4 Å². The van der Waals surface area contributed by atoms with Gasteiger partial charge in [-0.3, -0.25) is 4.79 Å². The van der Waals surface area contributed by atoms with Gasteiger partial charge in [0.05, 0.1) is 5.60 Å². The average molecular weight is 275 g/mol. The third-order valence-electron chi connectivity index (χ3n) is 4.39. The largest absolute Gasteiger partial charge is 0.388 e. The van der Waals surface area contributed by atoms with Gasteiger partial charge in [0.1, 0.15) is 0 Å². The van der Waals surface area contributed by atoms with Crippen LogP contribution in [0.15, 0.2) is 24.3 Å². The molecule has 2 rings (SSSR count). The third-order valence-corrected chi connectivity index (χ3v) is 4.39. The number of amides is 1. The van der Waals surface area contributed by atoms with E-state index in [1.807, 2.05) is 25.1 Å². The Morgan fingerprint density at radius 3 is 2.50 bits per heavy atom. The second-order valence-electron chi connectivity index (χ2n) is 6.94. The molecule has 0 unspecified atom stereocenters. The van der Waals surface area contributed by atoms with Crippen molar-refractivity contribution in [3.8, 4) is 0 Å². The molecule has 3 heteroatoms. The molecule has 20 heavy (non-hydrogen) atoms. The summed E-state index contributed by atoms with van der Waals surface area (Å²) < 4.78 is 0. The fourth-order valence-corrected chi connectivity index (χ4v) is 2.70. The van der Waals surface area contributed by atoms with Crippen LogP contribution >= 0.6 is 0 Å². The summed E-state index contributed by atoms with van der Waals surface area (Å²) in [6.45, 7) is 6.78. The van der Waals surface area contributed by atoms with Gasteiger partial charge in [-0.25, -0.2) is 0 Å². The normalized spacial score (nSPS) is 20.4. The molecule has 1 aliphatic carbocycles. The maximum atomic E-state index is 12.1. The molecule has 0 spiro atoms. The molecule has 0 aliphatic heterocycles. The van der Waals surface area contributed by atoms with Crippen molar-refractivity contribution in [1.82, 2.24) is 5.32 Å². The van der Waals surface area contributed by atoms with Gasteiger partial charge in [0.2, 0.25) is 0 Å². The molecule has 1 aliphatic rings. The van der Waals surface area contributed by atoms with E-state index >= 15 is 0 Å². The van der Waals surface area contributed by atoms with Crippen molar-refractivity contribution < 1.29 is 9.90 Å². The molecular formula is C17H25NO2. The standard InChI is InChI=1S/C17H25NO2/c1-13-5-4-6-14(11-13)15(19)18-12-17(20)9-7-16(2,3)8-10-17/h4-6,11,20H,7-10,12H2,1-3H3,(H,18,19). The highest BCUT2D eigenvalue weighted by Crippen LogP contribution is 2.39. The van der Waals surface area contributed by atoms with Gasteiger partial charge in [-0.05, 0) is 50.2 Å². The number of aryl methyl sites for hydroxylation is 1. The highest BCUT2D eigenvalue weighted by molar-refractivity contribution is 5.94. The minimum Gasteiger partial charge on any atom is -0.388 e. The summed E-state index contributed by atoms with van der Waals surface area (Å²) in [7, 11) is 0. The zero-order chi connectivity index (χ0) is 14.8. The van der Waals surface area contributed by atoms with E-state index in [4.69, 9.17) is 0 Å². The van der Waals surface area contributed by atoms with E-state index in [0.29, 0.717) is 17.5 Å². The predicted octanol–water partition coefficient (Wildman–Crippen LogP) is 3.06. The molecule has 0 bridgehead atoms. The Kier molecular flexibility index (Phi) is 4.19. The summed E-state index contributed by atoms with van der Waals surface area (Å²) in [6, 6.07) is 7.51. The number of benzene rings is 1. The van der Waals surface area contributed by atoms with Gasteiger partial charge in [-0.1, -0.05) is 31.5 Å². The molecule has 2 N–H and O–H groups in total. The molecule has 1 saturated carbocycles. The Balaban J connectivity index is 1.90. The minimum absolute atomic E-state index is 0.105.